The topological polar surface area (TPSA) is 79.2 Å². The molecule has 154 valence electrons. The maximum absolute atomic E-state index is 9.84. The molecule has 1 rings (SSSR count). The van der Waals surface area contributed by atoms with Crippen LogP contribution in [-0.2, 0) is 9.47 Å². The smallest absolute Gasteiger partial charge is 0.160 e. The molecule has 0 saturated carbocycles. The highest BCUT2D eigenvalue weighted by Gasteiger charge is 2.41. The Morgan fingerprint density at radius 2 is 1.54 bits per heavy atom. The lowest BCUT2D eigenvalue weighted by molar-refractivity contribution is -0.0621. The molecule has 0 aromatic rings. The highest BCUT2D eigenvalue weighted by molar-refractivity contribution is 7.80. The quantitative estimate of drug-likeness (QED) is 0.293. The molecular weight excluding hydrogens is 352 g/mol. The standard InChI is InChI=1S/C20H38O5S/c1-2-3-4-5-6-7-8-9-10-11-12-13-18(26)25-17(14-21)20-19(23)16(22)15-24-20/h16-17,19-23H,2-15H2,1H3/t16-,17+,19+,20+/m1/s1. The predicted octanol–water partition coefficient (Wildman–Crippen LogP) is 3.51. The molecule has 0 spiro atoms. The van der Waals surface area contributed by atoms with Crippen LogP contribution in [0.1, 0.15) is 84.0 Å². The van der Waals surface area contributed by atoms with Crippen LogP contribution in [0.25, 0.3) is 0 Å². The second kappa shape index (κ2) is 14.7. The van der Waals surface area contributed by atoms with Crippen molar-refractivity contribution in [1.29, 1.82) is 0 Å². The summed E-state index contributed by atoms with van der Waals surface area (Å²) in [6, 6.07) is 0. The van der Waals surface area contributed by atoms with Gasteiger partial charge in [0.25, 0.3) is 0 Å². The molecular formula is C20H38O5S. The van der Waals surface area contributed by atoms with Crippen molar-refractivity contribution in [3.05, 3.63) is 0 Å². The fraction of sp³-hybridized carbons (Fsp3) is 0.950. The van der Waals surface area contributed by atoms with Gasteiger partial charge in [-0.2, -0.15) is 0 Å². The van der Waals surface area contributed by atoms with E-state index in [9.17, 15) is 15.3 Å². The average molecular weight is 391 g/mol. The number of aliphatic hydroxyl groups excluding tert-OH is 3. The van der Waals surface area contributed by atoms with E-state index < -0.39 is 24.4 Å². The molecule has 5 nitrogen and oxygen atoms in total. The monoisotopic (exact) mass is 390 g/mol. The van der Waals surface area contributed by atoms with Crippen molar-refractivity contribution >= 4 is 17.3 Å². The van der Waals surface area contributed by atoms with Crippen molar-refractivity contribution in [1.82, 2.24) is 0 Å². The minimum atomic E-state index is -1.04. The first-order chi connectivity index (χ1) is 12.6. The predicted molar refractivity (Wildman–Crippen MR) is 107 cm³/mol. The van der Waals surface area contributed by atoms with Crippen LogP contribution in [0.15, 0.2) is 0 Å². The Labute approximate surface area is 164 Å². The van der Waals surface area contributed by atoms with Crippen molar-refractivity contribution in [3.8, 4) is 0 Å². The van der Waals surface area contributed by atoms with Gasteiger partial charge < -0.3 is 24.8 Å². The van der Waals surface area contributed by atoms with Gasteiger partial charge in [0.1, 0.15) is 18.3 Å². The summed E-state index contributed by atoms with van der Waals surface area (Å²) in [5, 5.41) is 29.2. The molecule has 0 amide bonds. The number of hydrogen-bond acceptors (Lipinski definition) is 6. The number of thiocarbonyl (C=S) groups is 1. The first-order valence-electron chi connectivity index (χ1n) is 10.4. The Hall–Kier alpha value is -0.270. The zero-order valence-corrected chi connectivity index (χ0v) is 17.1. The van der Waals surface area contributed by atoms with E-state index in [4.69, 9.17) is 21.7 Å². The van der Waals surface area contributed by atoms with Crippen molar-refractivity contribution < 1.29 is 24.8 Å². The Morgan fingerprint density at radius 3 is 2.00 bits per heavy atom. The Morgan fingerprint density at radius 1 is 1.00 bits per heavy atom. The molecule has 3 N–H and O–H groups in total. The van der Waals surface area contributed by atoms with Gasteiger partial charge in [-0.15, -0.1) is 0 Å². The highest BCUT2D eigenvalue weighted by atomic mass is 32.1. The highest BCUT2D eigenvalue weighted by Crippen LogP contribution is 2.20. The fourth-order valence-corrected chi connectivity index (χ4v) is 3.59. The van der Waals surface area contributed by atoms with Gasteiger partial charge in [-0.05, 0) is 18.6 Å². The summed E-state index contributed by atoms with van der Waals surface area (Å²) in [6.45, 7) is 2.00. The first-order valence-corrected chi connectivity index (χ1v) is 10.8. The van der Waals surface area contributed by atoms with Crippen molar-refractivity contribution in [2.24, 2.45) is 0 Å². The van der Waals surface area contributed by atoms with Crippen molar-refractivity contribution in [3.63, 3.8) is 0 Å². The molecule has 0 bridgehead atoms. The van der Waals surface area contributed by atoms with Gasteiger partial charge >= 0.3 is 0 Å². The summed E-state index contributed by atoms with van der Waals surface area (Å²) >= 11 is 5.24. The average Bonchev–Trinajstić information content (AvgIpc) is 2.96. The lowest BCUT2D eigenvalue weighted by Crippen LogP contribution is -2.42. The summed E-state index contributed by atoms with van der Waals surface area (Å²) < 4.78 is 10.9. The van der Waals surface area contributed by atoms with E-state index in [2.05, 4.69) is 6.92 Å². The van der Waals surface area contributed by atoms with Gasteiger partial charge in [0.05, 0.1) is 13.2 Å². The van der Waals surface area contributed by atoms with Gasteiger partial charge in [0.15, 0.2) is 11.2 Å². The molecule has 1 fully saturated rings. The van der Waals surface area contributed by atoms with Crippen LogP contribution in [0.2, 0.25) is 0 Å². The zero-order chi connectivity index (χ0) is 19.2. The minimum absolute atomic E-state index is 0.0526. The van der Waals surface area contributed by atoms with Gasteiger partial charge in [-0.1, -0.05) is 71.1 Å². The van der Waals surface area contributed by atoms with E-state index in [1.54, 1.807) is 0 Å². The Kier molecular flexibility index (Phi) is 13.5. The molecule has 4 atom stereocenters. The third-order valence-corrected chi connectivity index (χ3v) is 5.30. The van der Waals surface area contributed by atoms with E-state index >= 15 is 0 Å². The molecule has 0 aromatic heterocycles. The van der Waals surface area contributed by atoms with Crippen LogP contribution in [0.3, 0.4) is 0 Å². The lowest BCUT2D eigenvalue weighted by Gasteiger charge is -2.25. The third kappa shape index (κ3) is 9.60. The van der Waals surface area contributed by atoms with Gasteiger partial charge in [-0.3, -0.25) is 0 Å². The normalized spacial score (nSPS) is 23.9. The third-order valence-electron chi connectivity index (χ3n) is 5.00. The number of ether oxygens (including phenoxy) is 2. The summed E-state index contributed by atoms with van der Waals surface area (Å²) in [7, 11) is 0. The van der Waals surface area contributed by atoms with Crippen LogP contribution in [0.4, 0.5) is 0 Å². The van der Waals surface area contributed by atoms with Gasteiger partial charge in [-0.25, -0.2) is 0 Å². The molecule has 0 unspecified atom stereocenters. The summed E-state index contributed by atoms with van der Waals surface area (Å²) in [4.78, 5) is 0. The van der Waals surface area contributed by atoms with Crippen molar-refractivity contribution in [2.45, 2.75) is 108 Å². The van der Waals surface area contributed by atoms with Gasteiger partial charge in [0.2, 0.25) is 0 Å². The zero-order valence-electron chi connectivity index (χ0n) is 16.3. The van der Waals surface area contributed by atoms with E-state index in [1.807, 2.05) is 0 Å². The molecule has 1 saturated heterocycles. The van der Waals surface area contributed by atoms with E-state index in [0.717, 1.165) is 12.8 Å². The first kappa shape index (κ1) is 23.8. The summed E-state index contributed by atoms with van der Waals surface area (Å²) in [6.07, 6.45) is 11.3. The SMILES string of the molecule is CCCCCCCCCCCCCC(=S)O[C@@H](CO)[C@@H]1OC[C@@H](O)[C@@H]1O. The molecule has 0 radical (unpaired) electrons. The minimum Gasteiger partial charge on any atom is -0.479 e. The number of aliphatic hydroxyl groups is 3. The van der Waals surface area contributed by atoms with Crippen LogP contribution in [0.5, 0.6) is 0 Å². The number of hydrogen-bond donors (Lipinski definition) is 3. The fourth-order valence-electron chi connectivity index (χ4n) is 3.32. The largest absolute Gasteiger partial charge is 0.479 e. The Balaban J connectivity index is 2.01. The number of unbranched alkanes of at least 4 members (excludes halogenated alkanes) is 10. The second-order valence-corrected chi connectivity index (χ2v) is 7.81. The molecule has 0 aliphatic carbocycles. The van der Waals surface area contributed by atoms with E-state index in [0.29, 0.717) is 11.5 Å². The maximum atomic E-state index is 9.84. The summed E-state index contributed by atoms with van der Waals surface area (Å²) in [5.41, 5.74) is 0. The van der Waals surface area contributed by atoms with Crippen molar-refractivity contribution in [2.75, 3.05) is 13.2 Å². The molecule has 26 heavy (non-hydrogen) atoms. The molecule has 6 heteroatoms. The maximum Gasteiger partial charge on any atom is 0.160 e. The second-order valence-electron chi connectivity index (χ2n) is 7.35. The molecule has 1 aliphatic rings. The van der Waals surface area contributed by atoms with Crippen LogP contribution < -0.4 is 0 Å². The molecule has 1 heterocycles. The Bertz CT molecular complexity index is 366. The molecule has 1 aliphatic heterocycles. The van der Waals surface area contributed by atoms with Crippen LogP contribution in [-0.4, -0.2) is 58.0 Å². The van der Waals surface area contributed by atoms with E-state index in [-0.39, 0.29) is 13.2 Å². The lowest BCUT2D eigenvalue weighted by atomic mass is 10.1. The van der Waals surface area contributed by atoms with Gasteiger partial charge in [0, 0.05) is 6.42 Å². The van der Waals surface area contributed by atoms with E-state index in [1.165, 1.54) is 57.8 Å². The molecule has 0 aromatic carbocycles. The number of rotatable bonds is 15. The van der Waals surface area contributed by atoms with Crippen LogP contribution >= 0.6 is 12.2 Å². The van der Waals surface area contributed by atoms with Crippen LogP contribution in [0, 0.1) is 0 Å². The summed E-state index contributed by atoms with van der Waals surface area (Å²) in [5.74, 6) is 0.